The molecule has 0 bridgehead atoms. The molecule has 6 heteroatoms. The Morgan fingerprint density at radius 1 is 1.50 bits per heavy atom. The number of aromatic nitrogens is 1. The second kappa shape index (κ2) is 6.09. The van der Waals surface area contributed by atoms with E-state index < -0.39 is 0 Å². The maximum Gasteiger partial charge on any atom is 0.323 e. The van der Waals surface area contributed by atoms with Crippen LogP contribution in [0.4, 0.5) is 10.6 Å². The number of nitrogens with one attached hydrogen (secondary N) is 1. The van der Waals surface area contributed by atoms with Gasteiger partial charge in [-0.15, -0.1) is 11.3 Å². The Bertz CT molecular complexity index is 589. The Morgan fingerprint density at radius 3 is 2.75 bits per heavy atom. The van der Waals surface area contributed by atoms with Crippen LogP contribution >= 0.6 is 11.3 Å². The van der Waals surface area contributed by atoms with Gasteiger partial charge in [0.2, 0.25) is 0 Å². The van der Waals surface area contributed by atoms with Crippen molar-refractivity contribution in [2.45, 2.75) is 40.3 Å². The van der Waals surface area contributed by atoms with Crippen molar-refractivity contribution in [3.05, 3.63) is 33.7 Å². The van der Waals surface area contributed by atoms with Gasteiger partial charge in [0.1, 0.15) is 5.76 Å². The number of thiophene rings is 1. The van der Waals surface area contributed by atoms with Crippen LogP contribution in [0.25, 0.3) is 0 Å². The van der Waals surface area contributed by atoms with Crippen LogP contribution in [0.2, 0.25) is 0 Å². The van der Waals surface area contributed by atoms with Gasteiger partial charge in [-0.05, 0) is 44.7 Å². The zero-order valence-corrected chi connectivity index (χ0v) is 13.0. The summed E-state index contributed by atoms with van der Waals surface area (Å²) in [6.45, 7) is 8.44. The van der Waals surface area contributed by atoms with Gasteiger partial charge in [0, 0.05) is 17.0 Å². The molecule has 2 aromatic rings. The summed E-state index contributed by atoms with van der Waals surface area (Å²) in [4.78, 5) is 15.3. The fourth-order valence-corrected chi connectivity index (χ4v) is 2.72. The Labute approximate surface area is 122 Å². The quantitative estimate of drug-likeness (QED) is 0.933. The van der Waals surface area contributed by atoms with Gasteiger partial charge in [0.05, 0.1) is 6.54 Å². The molecule has 0 aliphatic rings. The number of hydrogen-bond acceptors (Lipinski definition) is 4. The van der Waals surface area contributed by atoms with Crippen LogP contribution in [0.15, 0.2) is 22.0 Å². The molecule has 0 radical (unpaired) electrons. The molecule has 1 N–H and O–H groups in total. The van der Waals surface area contributed by atoms with Gasteiger partial charge in [-0.25, -0.2) is 4.79 Å². The molecule has 2 amide bonds. The second-order valence-electron chi connectivity index (χ2n) is 5.00. The molecule has 2 aromatic heterocycles. The lowest BCUT2D eigenvalue weighted by molar-refractivity contribution is 0.194. The number of anilines is 1. The first kappa shape index (κ1) is 14.6. The number of rotatable bonds is 4. The van der Waals surface area contributed by atoms with Crippen LogP contribution in [0.1, 0.15) is 30.0 Å². The van der Waals surface area contributed by atoms with E-state index >= 15 is 0 Å². The average Bonchev–Trinajstić information content (AvgIpc) is 2.95. The average molecular weight is 293 g/mol. The zero-order valence-electron chi connectivity index (χ0n) is 12.1. The van der Waals surface area contributed by atoms with E-state index in [-0.39, 0.29) is 12.1 Å². The molecule has 2 rings (SSSR count). The molecule has 0 aliphatic heterocycles. The second-order valence-corrected chi connectivity index (χ2v) is 6.00. The summed E-state index contributed by atoms with van der Waals surface area (Å²) >= 11 is 1.67. The first-order valence-electron chi connectivity index (χ1n) is 6.51. The Balaban J connectivity index is 2.08. The van der Waals surface area contributed by atoms with E-state index in [1.54, 1.807) is 29.2 Å². The summed E-state index contributed by atoms with van der Waals surface area (Å²) in [5, 5.41) is 8.59. The fraction of sp³-hybridized carbons (Fsp3) is 0.429. The molecule has 0 saturated heterocycles. The van der Waals surface area contributed by atoms with E-state index in [1.165, 1.54) is 10.4 Å². The first-order chi connectivity index (χ1) is 9.47. The lowest BCUT2D eigenvalue weighted by atomic mass is 10.2. The smallest absolute Gasteiger partial charge is 0.323 e. The molecule has 0 fully saturated rings. The molecule has 108 valence electrons. The van der Waals surface area contributed by atoms with Crippen LogP contribution < -0.4 is 5.32 Å². The fourth-order valence-electron chi connectivity index (χ4n) is 1.82. The highest BCUT2D eigenvalue weighted by molar-refractivity contribution is 7.10. The van der Waals surface area contributed by atoms with E-state index in [1.807, 2.05) is 19.2 Å². The SMILES string of the molecule is Cc1cc(NC(=O)N(Cc2sccc2C)C(C)C)no1. The number of amides is 2. The Hall–Kier alpha value is -1.82. The number of aryl methyl sites for hydroxylation is 2. The predicted molar refractivity (Wildman–Crippen MR) is 80.0 cm³/mol. The highest BCUT2D eigenvalue weighted by Gasteiger charge is 2.19. The highest BCUT2D eigenvalue weighted by atomic mass is 32.1. The van der Waals surface area contributed by atoms with Gasteiger partial charge < -0.3 is 9.42 Å². The minimum Gasteiger partial charge on any atom is -0.360 e. The van der Waals surface area contributed by atoms with Crippen LogP contribution in [0, 0.1) is 13.8 Å². The van der Waals surface area contributed by atoms with Gasteiger partial charge in [-0.2, -0.15) is 0 Å². The van der Waals surface area contributed by atoms with Crippen LogP contribution in [-0.2, 0) is 6.54 Å². The zero-order chi connectivity index (χ0) is 14.7. The minimum absolute atomic E-state index is 0.101. The molecular formula is C14H19N3O2S. The lowest BCUT2D eigenvalue weighted by Crippen LogP contribution is -2.39. The van der Waals surface area contributed by atoms with Crippen molar-refractivity contribution in [2.24, 2.45) is 0 Å². The van der Waals surface area contributed by atoms with Gasteiger partial charge in [-0.3, -0.25) is 5.32 Å². The van der Waals surface area contributed by atoms with Crippen LogP contribution in [0.3, 0.4) is 0 Å². The van der Waals surface area contributed by atoms with E-state index in [9.17, 15) is 4.79 Å². The van der Waals surface area contributed by atoms with Crippen molar-refractivity contribution >= 4 is 23.2 Å². The Kier molecular flexibility index (Phi) is 4.44. The number of hydrogen-bond donors (Lipinski definition) is 1. The summed E-state index contributed by atoms with van der Waals surface area (Å²) in [5.41, 5.74) is 1.21. The molecular weight excluding hydrogens is 274 g/mol. The Morgan fingerprint density at radius 2 is 2.25 bits per heavy atom. The van der Waals surface area contributed by atoms with Gasteiger partial charge in [0.15, 0.2) is 5.82 Å². The van der Waals surface area contributed by atoms with Crippen molar-refractivity contribution in [2.75, 3.05) is 5.32 Å². The highest BCUT2D eigenvalue weighted by Crippen LogP contribution is 2.20. The first-order valence-corrected chi connectivity index (χ1v) is 7.39. The van der Waals surface area contributed by atoms with Gasteiger partial charge in [0.25, 0.3) is 0 Å². The van der Waals surface area contributed by atoms with Crippen molar-refractivity contribution in [1.82, 2.24) is 10.1 Å². The maximum absolute atomic E-state index is 12.3. The van der Waals surface area contributed by atoms with Crippen molar-refractivity contribution < 1.29 is 9.32 Å². The molecule has 0 aliphatic carbocycles. The summed E-state index contributed by atoms with van der Waals surface area (Å²) in [6, 6.07) is 3.70. The van der Waals surface area contributed by atoms with E-state index in [2.05, 4.69) is 23.5 Å². The summed E-state index contributed by atoms with van der Waals surface area (Å²) in [5.74, 6) is 1.12. The third-order valence-corrected chi connectivity index (χ3v) is 4.04. The molecule has 2 heterocycles. The largest absolute Gasteiger partial charge is 0.360 e. The van der Waals surface area contributed by atoms with Gasteiger partial charge in [-0.1, -0.05) is 5.16 Å². The summed E-state index contributed by atoms with van der Waals surface area (Å²) in [6.07, 6.45) is 0. The van der Waals surface area contributed by atoms with E-state index in [0.717, 1.165) is 0 Å². The number of urea groups is 1. The van der Waals surface area contributed by atoms with Gasteiger partial charge >= 0.3 is 6.03 Å². The van der Waals surface area contributed by atoms with Crippen molar-refractivity contribution in [3.8, 4) is 0 Å². The van der Waals surface area contributed by atoms with E-state index in [0.29, 0.717) is 18.1 Å². The predicted octanol–water partition coefficient (Wildman–Crippen LogP) is 3.80. The molecule has 0 spiro atoms. The lowest BCUT2D eigenvalue weighted by Gasteiger charge is -2.26. The van der Waals surface area contributed by atoms with Crippen LogP contribution in [0.5, 0.6) is 0 Å². The summed E-state index contributed by atoms with van der Waals surface area (Å²) < 4.78 is 4.95. The van der Waals surface area contributed by atoms with Crippen molar-refractivity contribution in [1.29, 1.82) is 0 Å². The maximum atomic E-state index is 12.3. The number of carbonyl (C=O) groups is 1. The summed E-state index contributed by atoms with van der Waals surface area (Å²) in [7, 11) is 0. The molecule has 5 nitrogen and oxygen atoms in total. The molecule has 0 unspecified atom stereocenters. The molecule has 0 saturated carbocycles. The van der Waals surface area contributed by atoms with E-state index in [4.69, 9.17) is 4.52 Å². The standard InChI is InChI=1S/C14H19N3O2S/c1-9(2)17(8-12-10(3)5-6-20-12)14(18)15-13-7-11(4)19-16-13/h5-7,9H,8H2,1-4H3,(H,15,16,18). The molecule has 20 heavy (non-hydrogen) atoms. The third-order valence-electron chi connectivity index (χ3n) is 3.03. The molecule has 0 atom stereocenters. The monoisotopic (exact) mass is 293 g/mol. The van der Waals surface area contributed by atoms with Crippen molar-refractivity contribution in [3.63, 3.8) is 0 Å². The minimum atomic E-state index is -0.166. The third kappa shape index (κ3) is 3.39. The number of carbonyl (C=O) groups excluding carboxylic acids is 1. The molecule has 0 aromatic carbocycles. The van der Waals surface area contributed by atoms with Crippen LogP contribution in [-0.4, -0.2) is 22.1 Å². The number of nitrogens with zero attached hydrogens (tertiary/aromatic N) is 2. The topological polar surface area (TPSA) is 58.4 Å². The normalized spacial score (nSPS) is 10.8.